The number of sulfonamides is 1. The molecule has 1 fully saturated rings. The van der Waals surface area contributed by atoms with Crippen LogP contribution < -0.4 is 10.1 Å². The number of rotatable bonds is 4. The first-order valence-electron chi connectivity index (χ1n) is 9.39. The summed E-state index contributed by atoms with van der Waals surface area (Å²) in [4.78, 5) is 4.49. The minimum Gasteiger partial charge on any atom is -0.455 e. The van der Waals surface area contributed by atoms with Gasteiger partial charge in [-0.3, -0.25) is 4.98 Å². The fourth-order valence-electron chi connectivity index (χ4n) is 3.55. The normalized spacial score (nSPS) is 18.7. The lowest BCUT2D eigenvalue weighted by Gasteiger charge is -2.26. The minimum atomic E-state index is -3.69. The lowest BCUT2D eigenvalue weighted by Crippen LogP contribution is -2.41. The van der Waals surface area contributed by atoms with Crippen molar-refractivity contribution in [2.75, 3.05) is 19.6 Å². The van der Waals surface area contributed by atoms with Gasteiger partial charge >= 0.3 is 0 Å². The maximum absolute atomic E-state index is 13.6. The number of pyridine rings is 1. The molecular formula is C21H23N3O3S. The first-order valence-corrected chi connectivity index (χ1v) is 10.8. The largest absolute Gasteiger partial charge is 0.455 e. The third-order valence-corrected chi connectivity index (χ3v) is 6.99. The van der Waals surface area contributed by atoms with Gasteiger partial charge in [0.2, 0.25) is 10.0 Å². The number of nitrogens with zero attached hydrogens (tertiary/aromatic N) is 2. The molecular weight excluding hydrogens is 374 g/mol. The summed E-state index contributed by atoms with van der Waals surface area (Å²) in [5, 5.41) is 4.58. The number of ether oxygens (including phenoxy) is 1. The molecule has 1 aromatic heterocycles. The highest BCUT2D eigenvalue weighted by atomic mass is 32.2. The van der Waals surface area contributed by atoms with Gasteiger partial charge in [0, 0.05) is 36.1 Å². The Morgan fingerprint density at radius 3 is 2.75 bits per heavy atom. The number of para-hydroxylation sites is 1. The molecule has 0 amide bonds. The molecule has 4 rings (SSSR count). The lowest BCUT2D eigenvalue weighted by atomic mass is 10.1. The zero-order valence-corrected chi connectivity index (χ0v) is 16.5. The molecule has 1 saturated heterocycles. The van der Waals surface area contributed by atoms with Gasteiger partial charge in [-0.05, 0) is 38.1 Å². The Balaban J connectivity index is 1.85. The van der Waals surface area contributed by atoms with Crippen molar-refractivity contribution < 1.29 is 13.2 Å². The monoisotopic (exact) mass is 397 g/mol. The number of nitrogens with one attached hydrogen (secondary N) is 1. The van der Waals surface area contributed by atoms with Crippen LogP contribution in [-0.2, 0) is 10.0 Å². The molecule has 28 heavy (non-hydrogen) atoms. The molecule has 6 nitrogen and oxygen atoms in total. The van der Waals surface area contributed by atoms with Crippen molar-refractivity contribution in [1.29, 1.82) is 0 Å². The number of aromatic nitrogens is 1. The highest BCUT2D eigenvalue weighted by Gasteiger charge is 2.32. The summed E-state index contributed by atoms with van der Waals surface area (Å²) < 4.78 is 34.8. The van der Waals surface area contributed by atoms with Crippen molar-refractivity contribution >= 4 is 20.8 Å². The molecule has 3 aromatic rings. The summed E-state index contributed by atoms with van der Waals surface area (Å²) in [7, 11) is -3.69. The topological polar surface area (TPSA) is 71.5 Å². The summed E-state index contributed by atoms with van der Waals surface area (Å²) in [5.74, 6) is 1.07. The number of hydrogen-bond acceptors (Lipinski definition) is 5. The van der Waals surface area contributed by atoms with Crippen molar-refractivity contribution in [3.63, 3.8) is 0 Å². The third-order valence-electron chi connectivity index (χ3n) is 4.93. The van der Waals surface area contributed by atoms with E-state index in [0.29, 0.717) is 30.0 Å². The van der Waals surface area contributed by atoms with Gasteiger partial charge in [-0.2, -0.15) is 4.31 Å². The molecule has 2 heterocycles. The maximum atomic E-state index is 13.6. The second kappa shape index (κ2) is 7.87. The van der Waals surface area contributed by atoms with Crippen LogP contribution in [0.5, 0.6) is 11.5 Å². The molecule has 0 unspecified atom stereocenters. The van der Waals surface area contributed by atoms with Crippen LogP contribution in [0.4, 0.5) is 0 Å². The number of hydrogen-bond donors (Lipinski definition) is 1. The van der Waals surface area contributed by atoms with Gasteiger partial charge < -0.3 is 10.1 Å². The van der Waals surface area contributed by atoms with Crippen molar-refractivity contribution in [2.45, 2.75) is 24.3 Å². The van der Waals surface area contributed by atoms with Crippen molar-refractivity contribution in [1.82, 2.24) is 14.6 Å². The Morgan fingerprint density at radius 2 is 1.93 bits per heavy atom. The van der Waals surface area contributed by atoms with Crippen LogP contribution in [-0.4, -0.2) is 43.4 Å². The van der Waals surface area contributed by atoms with Gasteiger partial charge in [-0.1, -0.05) is 30.3 Å². The quantitative estimate of drug-likeness (QED) is 0.731. The highest BCUT2D eigenvalue weighted by Crippen LogP contribution is 2.35. The van der Waals surface area contributed by atoms with E-state index in [2.05, 4.69) is 10.3 Å². The average Bonchev–Trinajstić information content (AvgIpc) is 2.93. The fraction of sp³-hybridized carbons (Fsp3) is 0.286. The van der Waals surface area contributed by atoms with Gasteiger partial charge in [-0.25, -0.2) is 8.42 Å². The van der Waals surface area contributed by atoms with E-state index in [9.17, 15) is 8.42 Å². The zero-order chi connectivity index (χ0) is 19.6. The summed E-state index contributed by atoms with van der Waals surface area (Å²) in [6.45, 7) is 3.88. The predicted molar refractivity (Wildman–Crippen MR) is 109 cm³/mol. The SMILES string of the molecule is C[C@H]1CNCCCN1S(=O)(=O)c1cccc2cncc(Oc3ccccc3)c12. The van der Waals surface area contributed by atoms with Gasteiger partial charge in [-0.15, -0.1) is 0 Å². The van der Waals surface area contributed by atoms with Crippen LogP contribution in [0.25, 0.3) is 10.8 Å². The standard InChI is InChI=1S/C21H23N3O3S/c1-16-13-22-11-6-12-24(16)28(25,26)20-10-5-7-17-14-23-15-19(21(17)20)27-18-8-3-2-4-9-18/h2-5,7-10,14-16,22H,6,11-13H2,1H3/t16-/m0/s1. The van der Waals surface area contributed by atoms with E-state index >= 15 is 0 Å². The smallest absolute Gasteiger partial charge is 0.244 e. The van der Waals surface area contributed by atoms with Gasteiger partial charge in [0.1, 0.15) is 5.75 Å². The fourth-order valence-corrected chi connectivity index (χ4v) is 5.45. The summed E-state index contributed by atoms with van der Waals surface area (Å²) in [6.07, 6.45) is 4.02. The summed E-state index contributed by atoms with van der Waals surface area (Å²) in [5.41, 5.74) is 0. The molecule has 1 aliphatic heterocycles. The molecule has 2 aromatic carbocycles. The Bertz CT molecular complexity index is 1070. The first-order chi connectivity index (χ1) is 13.6. The summed E-state index contributed by atoms with van der Waals surface area (Å²) in [6, 6.07) is 14.4. The Morgan fingerprint density at radius 1 is 1.11 bits per heavy atom. The highest BCUT2D eigenvalue weighted by molar-refractivity contribution is 7.89. The van der Waals surface area contributed by atoms with Crippen LogP contribution in [0.3, 0.4) is 0 Å². The molecule has 0 bridgehead atoms. The Labute approximate surface area is 165 Å². The van der Waals surface area contributed by atoms with Crippen LogP contribution in [0.1, 0.15) is 13.3 Å². The summed E-state index contributed by atoms with van der Waals surface area (Å²) >= 11 is 0. The molecule has 1 aliphatic rings. The molecule has 1 N–H and O–H groups in total. The van der Waals surface area contributed by atoms with E-state index in [0.717, 1.165) is 18.4 Å². The van der Waals surface area contributed by atoms with E-state index in [1.54, 1.807) is 28.8 Å². The Kier molecular flexibility index (Phi) is 5.30. The molecule has 1 atom stereocenters. The van der Waals surface area contributed by atoms with Crippen molar-refractivity contribution in [2.24, 2.45) is 0 Å². The second-order valence-corrected chi connectivity index (χ2v) is 8.79. The van der Waals surface area contributed by atoms with Gasteiger partial charge in [0.05, 0.1) is 11.1 Å². The van der Waals surface area contributed by atoms with Crippen molar-refractivity contribution in [3.8, 4) is 11.5 Å². The lowest BCUT2D eigenvalue weighted by molar-refractivity contribution is 0.353. The second-order valence-electron chi connectivity index (χ2n) is 6.93. The molecule has 0 radical (unpaired) electrons. The molecule has 146 valence electrons. The van der Waals surface area contributed by atoms with Crippen LogP contribution in [0.2, 0.25) is 0 Å². The van der Waals surface area contributed by atoms with E-state index in [1.165, 1.54) is 0 Å². The molecule has 0 saturated carbocycles. The van der Waals surface area contributed by atoms with Crippen molar-refractivity contribution in [3.05, 3.63) is 60.9 Å². The van der Waals surface area contributed by atoms with Crippen LogP contribution in [0.15, 0.2) is 65.8 Å². The maximum Gasteiger partial charge on any atom is 0.244 e. The van der Waals surface area contributed by atoms with Crippen LogP contribution in [0, 0.1) is 0 Å². The Hall–Kier alpha value is -2.48. The number of fused-ring (bicyclic) bond motifs is 1. The first kappa shape index (κ1) is 18.9. The third kappa shape index (κ3) is 3.61. The molecule has 0 spiro atoms. The van der Waals surface area contributed by atoms with Gasteiger partial charge in [0.15, 0.2) is 5.75 Å². The van der Waals surface area contributed by atoms with E-state index < -0.39 is 10.0 Å². The van der Waals surface area contributed by atoms with Gasteiger partial charge in [0.25, 0.3) is 0 Å². The number of benzene rings is 2. The van der Waals surface area contributed by atoms with E-state index in [1.807, 2.05) is 43.3 Å². The molecule has 7 heteroatoms. The minimum absolute atomic E-state index is 0.122. The van der Waals surface area contributed by atoms with Crippen LogP contribution >= 0.6 is 0 Å². The molecule has 0 aliphatic carbocycles. The zero-order valence-electron chi connectivity index (χ0n) is 15.7. The van der Waals surface area contributed by atoms with E-state index in [4.69, 9.17) is 4.74 Å². The predicted octanol–water partition coefficient (Wildman–Crippen LogP) is 3.40. The van der Waals surface area contributed by atoms with E-state index in [-0.39, 0.29) is 10.9 Å². The average molecular weight is 398 g/mol.